The zero-order chi connectivity index (χ0) is 12.5. The van der Waals surface area contributed by atoms with Gasteiger partial charge in [-0.2, -0.15) is 0 Å². The number of rotatable bonds is 7. The molecular formula is C16H25N. The first-order valence-electron chi connectivity index (χ1n) is 6.68. The molecule has 0 bridgehead atoms. The van der Waals surface area contributed by atoms with Gasteiger partial charge in [0, 0.05) is 0 Å². The molecule has 94 valence electrons. The van der Waals surface area contributed by atoms with Crippen molar-refractivity contribution in [3.8, 4) is 0 Å². The predicted molar refractivity (Wildman–Crippen MR) is 77.2 cm³/mol. The van der Waals surface area contributed by atoms with Gasteiger partial charge in [-0.1, -0.05) is 57.2 Å². The lowest BCUT2D eigenvalue weighted by molar-refractivity contribution is 0.557. The summed E-state index contributed by atoms with van der Waals surface area (Å²) < 4.78 is 0. The van der Waals surface area contributed by atoms with Crippen LogP contribution in [0.5, 0.6) is 0 Å². The maximum Gasteiger partial charge on any atom is -0.00140 e. The molecule has 1 aromatic carbocycles. The van der Waals surface area contributed by atoms with E-state index in [0.717, 1.165) is 31.8 Å². The van der Waals surface area contributed by atoms with Gasteiger partial charge in [0.05, 0.1) is 0 Å². The molecule has 0 saturated heterocycles. The normalized spacial score (nSPS) is 11.5. The quantitative estimate of drug-likeness (QED) is 0.702. The second kappa shape index (κ2) is 8.08. The fourth-order valence-electron chi connectivity index (χ4n) is 1.71. The van der Waals surface area contributed by atoms with Crippen LogP contribution in [0, 0.1) is 5.92 Å². The SMILES string of the molecule is CCc1cccc(/C=C/CCNCC(C)C)c1. The summed E-state index contributed by atoms with van der Waals surface area (Å²) in [7, 11) is 0. The summed E-state index contributed by atoms with van der Waals surface area (Å²) in [6.07, 6.45) is 6.68. The highest BCUT2D eigenvalue weighted by atomic mass is 14.8. The number of benzene rings is 1. The molecular weight excluding hydrogens is 206 g/mol. The molecule has 1 nitrogen and oxygen atoms in total. The van der Waals surface area contributed by atoms with E-state index in [4.69, 9.17) is 0 Å². The third-order valence-electron chi connectivity index (χ3n) is 2.71. The largest absolute Gasteiger partial charge is 0.316 e. The molecule has 0 saturated carbocycles. The smallest absolute Gasteiger partial charge is 0.00140 e. The summed E-state index contributed by atoms with van der Waals surface area (Å²) in [5, 5.41) is 3.44. The Kier molecular flexibility index (Phi) is 6.64. The minimum absolute atomic E-state index is 0.736. The second-order valence-electron chi connectivity index (χ2n) is 4.89. The van der Waals surface area contributed by atoms with E-state index < -0.39 is 0 Å². The van der Waals surface area contributed by atoms with Crippen molar-refractivity contribution in [1.29, 1.82) is 0 Å². The summed E-state index contributed by atoms with van der Waals surface area (Å²) in [5.74, 6) is 0.736. The van der Waals surface area contributed by atoms with Gasteiger partial charge in [-0.05, 0) is 43.0 Å². The van der Waals surface area contributed by atoms with Crippen LogP contribution >= 0.6 is 0 Å². The van der Waals surface area contributed by atoms with E-state index in [1.54, 1.807) is 0 Å². The average molecular weight is 231 g/mol. The summed E-state index contributed by atoms with van der Waals surface area (Å²) >= 11 is 0. The van der Waals surface area contributed by atoms with Crippen molar-refractivity contribution in [2.75, 3.05) is 13.1 Å². The zero-order valence-corrected chi connectivity index (χ0v) is 11.4. The minimum Gasteiger partial charge on any atom is -0.316 e. The average Bonchev–Trinajstić information content (AvgIpc) is 2.33. The van der Waals surface area contributed by atoms with Crippen molar-refractivity contribution in [3.05, 3.63) is 41.5 Å². The molecule has 0 aliphatic heterocycles. The molecule has 0 aliphatic carbocycles. The molecule has 1 heteroatoms. The molecule has 0 heterocycles. The Hall–Kier alpha value is -1.08. The maximum atomic E-state index is 3.44. The third kappa shape index (κ3) is 6.28. The Morgan fingerprint density at radius 1 is 1.29 bits per heavy atom. The van der Waals surface area contributed by atoms with Crippen LogP contribution in [-0.2, 0) is 6.42 Å². The molecule has 0 amide bonds. The molecule has 0 fully saturated rings. The van der Waals surface area contributed by atoms with Gasteiger partial charge in [0.25, 0.3) is 0 Å². The predicted octanol–water partition coefficient (Wildman–Crippen LogP) is 3.90. The lowest BCUT2D eigenvalue weighted by Crippen LogP contribution is -2.20. The van der Waals surface area contributed by atoms with E-state index in [0.29, 0.717) is 0 Å². The number of aryl methyl sites for hydroxylation is 1. The molecule has 0 radical (unpaired) electrons. The van der Waals surface area contributed by atoms with Crippen molar-refractivity contribution in [3.63, 3.8) is 0 Å². The summed E-state index contributed by atoms with van der Waals surface area (Å²) in [4.78, 5) is 0. The van der Waals surface area contributed by atoms with Crippen molar-refractivity contribution in [2.45, 2.75) is 33.6 Å². The van der Waals surface area contributed by atoms with Gasteiger partial charge in [-0.3, -0.25) is 0 Å². The van der Waals surface area contributed by atoms with Gasteiger partial charge < -0.3 is 5.32 Å². The van der Waals surface area contributed by atoms with E-state index in [1.165, 1.54) is 11.1 Å². The Bertz CT molecular complexity index is 339. The first-order valence-corrected chi connectivity index (χ1v) is 6.68. The monoisotopic (exact) mass is 231 g/mol. The molecule has 0 aromatic heterocycles. The third-order valence-corrected chi connectivity index (χ3v) is 2.71. The topological polar surface area (TPSA) is 12.0 Å². The van der Waals surface area contributed by atoms with Gasteiger partial charge in [0.15, 0.2) is 0 Å². The molecule has 0 spiro atoms. The molecule has 1 rings (SSSR count). The van der Waals surface area contributed by atoms with Crippen molar-refractivity contribution < 1.29 is 0 Å². The highest BCUT2D eigenvalue weighted by Gasteiger charge is 1.92. The van der Waals surface area contributed by atoms with E-state index in [2.05, 4.69) is 62.5 Å². The number of hydrogen-bond donors (Lipinski definition) is 1. The van der Waals surface area contributed by atoms with E-state index >= 15 is 0 Å². The highest BCUT2D eigenvalue weighted by Crippen LogP contribution is 2.07. The summed E-state index contributed by atoms with van der Waals surface area (Å²) in [6, 6.07) is 8.74. The summed E-state index contributed by atoms with van der Waals surface area (Å²) in [5.41, 5.74) is 2.72. The van der Waals surface area contributed by atoms with Gasteiger partial charge >= 0.3 is 0 Å². The van der Waals surface area contributed by atoms with Gasteiger partial charge in [0.1, 0.15) is 0 Å². The lowest BCUT2D eigenvalue weighted by atomic mass is 10.1. The van der Waals surface area contributed by atoms with Gasteiger partial charge in [-0.15, -0.1) is 0 Å². The Morgan fingerprint density at radius 3 is 2.82 bits per heavy atom. The zero-order valence-electron chi connectivity index (χ0n) is 11.4. The Labute approximate surface area is 106 Å². The van der Waals surface area contributed by atoms with Crippen molar-refractivity contribution in [2.24, 2.45) is 5.92 Å². The standard InChI is InChI=1S/C16H25N/c1-4-15-9-7-10-16(12-15)8-5-6-11-17-13-14(2)3/h5,7-10,12,14,17H,4,6,11,13H2,1-3H3/b8-5+. The van der Waals surface area contributed by atoms with E-state index in [9.17, 15) is 0 Å². The molecule has 0 atom stereocenters. The minimum atomic E-state index is 0.736. The highest BCUT2D eigenvalue weighted by molar-refractivity contribution is 5.50. The second-order valence-corrected chi connectivity index (χ2v) is 4.89. The van der Waals surface area contributed by atoms with E-state index in [1.807, 2.05) is 0 Å². The number of nitrogens with one attached hydrogen (secondary N) is 1. The van der Waals surface area contributed by atoms with Crippen LogP contribution in [0.2, 0.25) is 0 Å². The fraction of sp³-hybridized carbons (Fsp3) is 0.500. The summed E-state index contributed by atoms with van der Waals surface area (Å²) in [6.45, 7) is 8.85. The first-order chi connectivity index (χ1) is 8.22. The maximum absolute atomic E-state index is 3.44. The first kappa shape index (κ1) is 14.0. The van der Waals surface area contributed by atoms with Crippen LogP contribution in [0.4, 0.5) is 0 Å². The van der Waals surface area contributed by atoms with Gasteiger partial charge in [0.2, 0.25) is 0 Å². The van der Waals surface area contributed by atoms with Crippen molar-refractivity contribution >= 4 is 6.08 Å². The van der Waals surface area contributed by atoms with E-state index in [-0.39, 0.29) is 0 Å². The molecule has 1 N–H and O–H groups in total. The van der Waals surface area contributed by atoms with Crippen LogP contribution in [0.1, 0.15) is 38.3 Å². The van der Waals surface area contributed by atoms with Crippen LogP contribution in [0.3, 0.4) is 0 Å². The number of hydrogen-bond acceptors (Lipinski definition) is 1. The van der Waals surface area contributed by atoms with Crippen LogP contribution in [0.25, 0.3) is 6.08 Å². The van der Waals surface area contributed by atoms with Crippen LogP contribution in [-0.4, -0.2) is 13.1 Å². The molecule has 1 aromatic rings. The lowest BCUT2D eigenvalue weighted by Gasteiger charge is -2.04. The molecule has 0 unspecified atom stereocenters. The van der Waals surface area contributed by atoms with Gasteiger partial charge in [-0.25, -0.2) is 0 Å². The van der Waals surface area contributed by atoms with Crippen LogP contribution in [0.15, 0.2) is 30.3 Å². The Morgan fingerprint density at radius 2 is 2.12 bits per heavy atom. The molecule has 0 aliphatic rings. The molecule has 17 heavy (non-hydrogen) atoms. The van der Waals surface area contributed by atoms with Crippen LogP contribution < -0.4 is 5.32 Å². The Balaban J connectivity index is 2.28. The van der Waals surface area contributed by atoms with Crippen molar-refractivity contribution in [1.82, 2.24) is 5.32 Å². The fourth-order valence-corrected chi connectivity index (χ4v) is 1.71.